The zero-order valence-corrected chi connectivity index (χ0v) is 18.6. The summed E-state index contributed by atoms with van der Waals surface area (Å²) < 4.78 is 17.0. The number of ether oxygens (including phenoxy) is 3. The third-order valence-electron chi connectivity index (χ3n) is 5.45. The molecular formula is C22H40N2O5. The van der Waals surface area contributed by atoms with Crippen molar-refractivity contribution in [3.05, 3.63) is 0 Å². The van der Waals surface area contributed by atoms with E-state index in [2.05, 4.69) is 38.3 Å². The summed E-state index contributed by atoms with van der Waals surface area (Å²) in [6, 6.07) is 0.0412. The Morgan fingerprint density at radius 1 is 0.828 bits per heavy atom. The van der Waals surface area contributed by atoms with Crippen LogP contribution in [0.1, 0.15) is 66.2 Å². The van der Waals surface area contributed by atoms with Crippen LogP contribution in [-0.2, 0) is 23.8 Å². The van der Waals surface area contributed by atoms with E-state index in [4.69, 9.17) is 14.2 Å². The van der Waals surface area contributed by atoms with Gasteiger partial charge in [0.05, 0.1) is 24.3 Å². The van der Waals surface area contributed by atoms with Gasteiger partial charge in [0.25, 0.3) is 0 Å². The second-order valence-corrected chi connectivity index (χ2v) is 9.20. The van der Waals surface area contributed by atoms with E-state index < -0.39 is 0 Å². The quantitative estimate of drug-likeness (QED) is 0.576. The van der Waals surface area contributed by atoms with Gasteiger partial charge >= 0.3 is 0 Å². The lowest BCUT2D eigenvalue weighted by Gasteiger charge is -2.33. The van der Waals surface area contributed by atoms with Crippen LogP contribution in [0.25, 0.3) is 0 Å². The Bertz CT molecular complexity index is 467. The van der Waals surface area contributed by atoms with Crippen molar-refractivity contribution in [3.8, 4) is 0 Å². The molecule has 2 saturated heterocycles. The van der Waals surface area contributed by atoms with E-state index in [0.717, 1.165) is 51.7 Å². The van der Waals surface area contributed by atoms with E-state index in [9.17, 15) is 9.59 Å². The monoisotopic (exact) mass is 412 g/mol. The molecule has 7 nitrogen and oxygen atoms in total. The molecule has 0 bridgehead atoms. The van der Waals surface area contributed by atoms with Crippen LogP contribution in [0.15, 0.2) is 0 Å². The van der Waals surface area contributed by atoms with Crippen LogP contribution >= 0.6 is 0 Å². The fraction of sp³-hybridized carbons (Fsp3) is 0.909. The highest BCUT2D eigenvalue weighted by atomic mass is 16.5. The minimum atomic E-state index is -0.194. The standard InChI is InChI=1S/C22H40N2O5/c1-15(2)11-19-17(7-5-9-28-19)23-21(25)13-27-14-22(26)24-18-8-6-10-29-20(18)12-16(3)4/h15-20H,5-14H2,1-4H3,(H,23,25)(H,24,26). The first-order valence-electron chi connectivity index (χ1n) is 11.2. The first-order chi connectivity index (χ1) is 13.8. The highest BCUT2D eigenvalue weighted by molar-refractivity contribution is 5.80. The normalized spacial score (nSPS) is 27.8. The summed E-state index contributed by atoms with van der Waals surface area (Å²) in [6.45, 7) is 9.89. The van der Waals surface area contributed by atoms with Gasteiger partial charge in [0.1, 0.15) is 13.2 Å². The Hall–Kier alpha value is -1.18. The average Bonchev–Trinajstić information content (AvgIpc) is 2.64. The second-order valence-electron chi connectivity index (χ2n) is 9.20. The van der Waals surface area contributed by atoms with Gasteiger partial charge in [-0.1, -0.05) is 27.7 Å². The van der Waals surface area contributed by atoms with Crippen LogP contribution in [-0.4, -0.2) is 62.5 Å². The van der Waals surface area contributed by atoms with Gasteiger partial charge in [0, 0.05) is 13.2 Å². The summed E-state index contributed by atoms with van der Waals surface area (Å²) in [5.41, 5.74) is 0. The first kappa shape index (κ1) is 24.1. The Balaban J connectivity index is 1.68. The van der Waals surface area contributed by atoms with Crippen LogP contribution < -0.4 is 10.6 Å². The summed E-state index contributed by atoms with van der Waals surface area (Å²) in [5.74, 6) is 0.642. The van der Waals surface area contributed by atoms with E-state index >= 15 is 0 Å². The zero-order valence-electron chi connectivity index (χ0n) is 18.6. The van der Waals surface area contributed by atoms with E-state index in [1.54, 1.807) is 0 Å². The number of hydrogen-bond donors (Lipinski definition) is 2. The smallest absolute Gasteiger partial charge is 0.246 e. The van der Waals surface area contributed by atoms with Crippen molar-refractivity contribution in [3.63, 3.8) is 0 Å². The fourth-order valence-electron chi connectivity index (χ4n) is 4.14. The van der Waals surface area contributed by atoms with Gasteiger partial charge in [0.15, 0.2) is 0 Å². The molecule has 168 valence electrons. The van der Waals surface area contributed by atoms with Crippen LogP contribution in [0.2, 0.25) is 0 Å². The number of carbonyl (C=O) groups is 2. The fourth-order valence-corrected chi connectivity index (χ4v) is 4.14. The van der Waals surface area contributed by atoms with Crippen molar-refractivity contribution in [2.75, 3.05) is 26.4 Å². The number of carbonyl (C=O) groups excluding carboxylic acids is 2. The molecular weight excluding hydrogens is 372 g/mol. The molecule has 2 heterocycles. The third kappa shape index (κ3) is 9.01. The van der Waals surface area contributed by atoms with Gasteiger partial charge in [-0.2, -0.15) is 0 Å². The molecule has 4 unspecified atom stereocenters. The molecule has 2 aliphatic rings. The summed E-state index contributed by atoms with van der Waals surface area (Å²) >= 11 is 0. The predicted molar refractivity (Wildman–Crippen MR) is 112 cm³/mol. The van der Waals surface area contributed by atoms with E-state index in [0.29, 0.717) is 11.8 Å². The minimum absolute atomic E-state index is 0.0206. The molecule has 2 N–H and O–H groups in total. The minimum Gasteiger partial charge on any atom is -0.376 e. The van der Waals surface area contributed by atoms with Crippen LogP contribution in [0.5, 0.6) is 0 Å². The summed E-state index contributed by atoms with van der Waals surface area (Å²) in [7, 11) is 0. The number of rotatable bonds is 10. The van der Waals surface area contributed by atoms with Crippen molar-refractivity contribution in [2.24, 2.45) is 11.8 Å². The van der Waals surface area contributed by atoms with Gasteiger partial charge in [0.2, 0.25) is 11.8 Å². The molecule has 7 heteroatoms. The molecule has 2 aliphatic heterocycles. The van der Waals surface area contributed by atoms with Gasteiger partial charge < -0.3 is 24.8 Å². The molecule has 0 aliphatic carbocycles. The highest BCUT2D eigenvalue weighted by Crippen LogP contribution is 2.21. The maximum absolute atomic E-state index is 12.2. The molecule has 2 rings (SSSR count). The molecule has 2 amide bonds. The van der Waals surface area contributed by atoms with Crippen molar-refractivity contribution < 1.29 is 23.8 Å². The Morgan fingerprint density at radius 3 is 1.62 bits per heavy atom. The SMILES string of the molecule is CC(C)CC1OCCCC1NC(=O)COCC(=O)NC1CCCOC1CC(C)C. The molecule has 4 atom stereocenters. The van der Waals surface area contributed by atoms with Gasteiger partial charge in [-0.15, -0.1) is 0 Å². The molecule has 2 fully saturated rings. The van der Waals surface area contributed by atoms with Crippen molar-refractivity contribution in [1.29, 1.82) is 0 Å². The number of amides is 2. The lowest BCUT2D eigenvalue weighted by Crippen LogP contribution is -2.49. The second kappa shape index (κ2) is 12.5. The first-order valence-corrected chi connectivity index (χ1v) is 11.2. The lowest BCUT2D eigenvalue weighted by atomic mass is 9.95. The predicted octanol–water partition coefficient (Wildman–Crippen LogP) is 2.42. The third-order valence-corrected chi connectivity index (χ3v) is 5.45. The average molecular weight is 413 g/mol. The summed E-state index contributed by atoms with van der Waals surface area (Å²) in [5, 5.41) is 6.03. The zero-order chi connectivity index (χ0) is 21.2. The number of nitrogens with one attached hydrogen (secondary N) is 2. The molecule has 29 heavy (non-hydrogen) atoms. The van der Waals surface area contributed by atoms with Gasteiger partial charge in [-0.3, -0.25) is 9.59 Å². The van der Waals surface area contributed by atoms with Crippen LogP contribution in [0.4, 0.5) is 0 Å². The van der Waals surface area contributed by atoms with E-state index in [1.807, 2.05) is 0 Å². The molecule has 0 aromatic heterocycles. The van der Waals surface area contributed by atoms with Crippen LogP contribution in [0, 0.1) is 11.8 Å². The highest BCUT2D eigenvalue weighted by Gasteiger charge is 2.29. The topological polar surface area (TPSA) is 85.9 Å². The maximum atomic E-state index is 12.2. The van der Waals surface area contributed by atoms with E-state index in [-0.39, 0.29) is 49.3 Å². The van der Waals surface area contributed by atoms with Crippen molar-refractivity contribution in [1.82, 2.24) is 10.6 Å². The van der Waals surface area contributed by atoms with Crippen molar-refractivity contribution in [2.45, 2.75) is 90.5 Å². The summed E-state index contributed by atoms with van der Waals surface area (Å²) in [4.78, 5) is 24.5. The maximum Gasteiger partial charge on any atom is 0.246 e. The molecule has 0 aromatic rings. The van der Waals surface area contributed by atoms with Crippen molar-refractivity contribution >= 4 is 11.8 Å². The van der Waals surface area contributed by atoms with Gasteiger partial charge in [-0.05, 0) is 50.4 Å². The molecule has 0 saturated carbocycles. The molecule has 0 radical (unpaired) electrons. The molecule has 0 spiro atoms. The number of hydrogen-bond acceptors (Lipinski definition) is 5. The Labute approximate surface area is 175 Å². The largest absolute Gasteiger partial charge is 0.376 e. The Morgan fingerprint density at radius 2 is 1.24 bits per heavy atom. The molecule has 0 aromatic carbocycles. The van der Waals surface area contributed by atoms with Crippen LogP contribution in [0.3, 0.4) is 0 Å². The lowest BCUT2D eigenvalue weighted by molar-refractivity contribution is -0.134. The van der Waals surface area contributed by atoms with E-state index in [1.165, 1.54) is 0 Å². The Kier molecular flexibility index (Phi) is 10.4. The van der Waals surface area contributed by atoms with Gasteiger partial charge in [-0.25, -0.2) is 0 Å². The summed E-state index contributed by atoms with van der Waals surface area (Å²) in [6.07, 6.45) is 5.70.